The molecule has 0 radical (unpaired) electrons. The van der Waals surface area contributed by atoms with Gasteiger partial charge in [-0.3, -0.25) is 4.98 Å². The second-order valence-corrected chi connectivity index (χ2v) is 3.79. The van der Waals surface area contributed by atoms with E-state index in [-0.39, 0.29) is 0 Å². The quantitative estimate of drug-likeness (QED) is 0.809. The predicted octanol–water partition coefficient (Wildman–Crippen LogP) is 2.32. The van der Waals surface area contributed by atoms with Crippen molar-refractivity contribution in [3.63, 3.8) is 0 Å². The van der Waals surface area contributed by atoms with Gasteiger partial charge in [0.25, 0.3) is 0 Å². The van der Waals surface area contributed by atoms with Crippen LogP contribution in [-0.4, -0.2) is 22.3 Å². The third-order valence-electron chi connectivity index (χ3n) is 2.75. The molecule has 2 unspecified atom stereocenters. The van der Waals surface area contributed by atoms with Crippen LogP contribution in [0.25, 0.3) is 0 Å². The van der Waals surface area contributed by atoms with Crippen molar-refractivity contribution in [2.45, 2.75) is 38.9 Å². The van der Waals surface area contributed by atoms with Crippen LogP contribution in [0.4, 0.5) is 0 Å². The first-order valence-electron chi connectivity index (χ1n) is 5.36. The van der Waals surface area contributed by atoms with Gasteiger partial charge in [0.2, 0.25) is 0 Å². The van der Waals surface area contributed by atoms with Crippen molar-refractivity contribution in [3.05, 3.63) is 30.1 Å². The summed E-state index contributed by atoms with van der Waals surface area (Å²) in [5, 5.41) is 10.2. The highest BCUT2D eigenvalue weighted by Gasteiger charge is 2.32. The van der Waals surface area contributed by atoms with Crippen molar-refractivity contribution >= 4 is 0 Å². The Labute approximate surface area is 91.1 Å². The molecule has 0 amide bonds. The fourth-order valence-corrected chi connectivity index (χ4v) is 1.59. The van der Waals surface area contributed by atoms with Gasteiger partial charge in [0.05, 0.1) is 5.60 Å². The number of aromatic nitrogens is 1. The molecule has 0 fully saturated rings. The fraction of sp³-hybridized carbons (Fsp3) is 0.583. The Morgan fingerprint density at radius 1 is 1.53 bits per heavy atom. The van der Waals surface area contributed by atoms with Crippen LogP contribution in [0.3, 0.4) is 0 Å². The smallest absolute Gasteiger partial charge is 0.109 e. The summed E-state index contributed by atoms with van der Waals surface area (Å²) in [5.41, 5.74) is 0.271. The number of aliphatic hydroxyl groups excluding tert-OH is 1. The zero-order chi connectivity index (χ0) is 11.3. The summed E-state index contributed by atoms with van der Waals surface area (Å²) in [7, 11) is 0. The molecular weight excluding hydrogens is 190 g/mol. The van der Waals surface area contributed by atoms with E-state index >= 15 is 0 Å². The minimum absolute atomic E-state index is 0.530. The summed E-state index contributed by atoms with van der Waals surface area (Å²) >= 11 is 0. The molecule has 0 saturated heterocycles. The number of nitrogens with zero attached hydrogens (tertiary/aromatic N) is 1. The summed E-state index contributed by atoms with van der Waals surface area (Å²) in [6, 6.07) is 3.69. The number of hydrogen-bond acceptors (Lipinski definition) is 3. The van der Waals surface area contributed by atoms with Gasteiger partial charge in [-0.1, -0.05) is 13.0 Å². The Morgan fingerprint density at radius 3 is 2.73 bits per heavy atom. The van der Waals surface area contributed by atoms with E-state index in [2.05, 4.69) is 4.98 Å². The zero-order valence-corrected chi connectivity index (χ0v) is 9.60. The van der Waals surface area contributed by atoms with Crippen LogP contribution >= 0.6 is 0 Å². The third kappa shape index (κ3) is 2.76. The van der Waals surface area contributed by atoms with E-state index < -0.39 is 11.7 Å². The maximum absolute atomic E-state index is 10.2. The molecular formula is C12H19NO2. The zero-order valence-electron chi connectivity index (χ0n) is 9.60. The first kappa shape index (κ1) is 12.1. The van der Waals surface area contributed by atoms with Gasteiger partial charge in [-0.15, -0.1) is 0 Å². The fourth-order valence-electron chi connectivity index (χ4n) is 1.59. The summed E-state index contributed by atoms with van der Waals surface area (Å²) in [6.45, 7) is 6.47. The normalized spacial score (nSPS) is 17.1. The van der Waals surface area contributed by atoms with Gasteiger partial charge in [0.15, 0.2) is 0 Å². The van der Waals surface area contributed by atoms with Crippen molar-refractivity contribution in [2.75, 3.05) is 6.61 Å². The van der Waals surface area contributed by atoms with E-state index in [1.54, 1.807) is 12.4 Å². The second-order valence-electron chi connectivity index (χ2n) is 3.79. The number of pyridine rings is 1. The number of rotatable bonds is 5. The van der Waals surface area contributed by atoms with Crippen molar-refractivity contribution in [3.8, 4) is 0 Å². The SMILES string of the molecule is CCOC(C)(CC)C(O)c1cccnc1. The van der Waals surface area contributed by atoms with Crippen LogP contribution in [0.5, 0.6) is 0 Å². The molecule has 0 aliphatic heterocycles. The van der Waals surface area contributed by atoms with E-state index in [4.69, 9.17) is 4.74 Å². The molecule has 1 N–H and O–H groups in total. The van der Waals surface area contributed by atoms with Gasteiger partial charge < -0.3 is 9.84 Å². The highest BCUT2D eigenvalue weighted by molar-refractivity contribution is 5.15. The Balaban J connectivity index is 2.86. The molecule has 0 saturated carbocycles. The number of aliphatic hydroxyl groups is 1. The molecule has 2 atom stereocenters. The molecule has 84 valence electrons. The maximum atomic E-state index is 10.2. The Hall–Kier alpha value is -0.930. The highest BCUT2D eigenvalue weighted by Crippen LogP contribution is 2.31. The van der Waals surface area contributed by atoms with Crippen LogP contribution in [-0.2, 0) is 4.74 Å². The lowest BCUT2D eigenvalue weighted by Gasteiger charge is -2.33. The molecule has 1 aromatic rings. The molecule has 1 rings (SSSR count). The largest absolute Gasteiger partial charge is 0.385 e. The van der Waals surface area contributed by atoms with Gasteiger partial charge in [-0.05, 0) is 26.3 Å². The first-order valence-corrected chi connectivity index (χ1v) is 5.36. The molecule has 0 aliphatic rings. The first-order chi connectivity index (χ1) is 7.14. The molecule has 3 nitrogen and oxygen atoms in total. The van der Waals surface area contributed by atoms with E-state index in [0.717, 1.165) is 12.0 Å². The van der Waals surface area contributed by atoms with Gasteiger partial charge in [-0.2, -0.15) is 0 Å². The summed E-state index contributed by atoms with van der Waals surface area (Å²) in [6.07, 6.45) is 3.51. The molecule has 15 heavy (non-hydrogen) atoms. The van der Waals surface area contributed by atoms with Crippen LogP contribution in [0.2, 0.25) is 0 Å². The third-order valence-corrected chi connectivity index (χ3v) is 2.75. The molecule has 0 aromatic carbocycles. The monoisotopic (exact) mass is 209 g/mol. The summed E-state index contributed by atoms with van der Waals surface area (Å²) in [4.78, 5) is 4.00. The van der Waals surface area contributed by atoms with E-state index in [9.17, 15) is 5.11 Å². The standard InChI is InChI=1S/C12H19NO2/c1-4-12(3,15-5-2)11(14)10-7-6-8-13-9-10/h6-9,11,14H,4-5H2,1-3H3. The van der Waals surface area contributed by atoms with Gasteiger partial charge in [0.1, 0.15) is 6.10 Å². The summed E-state index contributed by atoms with van der Waals surface area (Å²) in [5.74, 6) is 0. The average Bonchev–Trinajstić information content (AvgIpc) is 2.29. The van der Waals surface area contributed by atoms with Crippen LogP contribution in [0.15, 0.2) is 24.5 Å². The van der Waals surface area contributed by atoms with E-state index in [0.29, 0.717) is 6.61 Å². The van der Waals surface area contributed by atoms with Gasteiger partial charge in [0, 0.05) is 24.6 Å². The maximum Gasteiger partial charge on any atom is 0.109 e. The molecule has 0 bridgehead atoms. The van der Waals surface area contributed by atoms with E-state index in [1.807, 2.05) is 32.9 Å². The topological polar surface area (TPSA) is 42.4 Å². The average molecular weight is 209 g/mol. The molecule has 3 heteroatoms. The Bertz CT molecular complexity index is 289. The van der Waals surface area contributed by atoms with Crippen LogP contribution in [0.1, 0.15) is 38.9 Å². The highest BCUT2D eigenvalue weighted by atomic mass is 16.5. The van der Waals surface area contributed by atoms with Crippen molar-refractivity contribution < 1.29 is 9.84 Å². The lowest BCUT2D eigenvalue weighted by molar-refractivity contribution is -0.113. The number of ether oxygens (including phenoxy) is 1. The van der Waals surface area contributed by atoms with Crippen molar-refractivity contribution in [2.24, 2.45) is 0 Å². The van der Waals surface area contributed by atoms with Gasteiger partial charge >= 0.3 is 0 Å². The minimum Gasteiger partial charge on any atom is -0.385 e. The molecule has 1 aromatic heterocycles. The lowest BCUT2D eigenvalue weighted by Crippen LogP contribution is -2.35. The molecule has 0 aliphatic carbocycles. The van der Waals surface area contributed by atoms with Gasteiger partial charge in [-0.25, -0.2) is 0 Å². The Kier molecular flexibility index (Phi) is 4.24. The summed E-state index contributed by atoms with van der Waals surface area (Å²) < 4.78 is 5.62. The molecule has 1 heterocycles. The van der Waals surface area contributed by atoms with Crippen molar-refractivity contribution in [1.29, 1.82) is 0 Å². The Morgan fingerprint density at radius 2 is 2.27 bits per heavy atom. The van der Waals surface area contributed by atoms with Crippen LogP contribution < -0.4 is 0 Å². The van der Waals surface area contributed by atoms with E-state index in [1.165, 1.54) is 0 Å². The number of hydrogen-bond donors (Lipinski definition) is 1. The lowest BCUT2D eigenvalue weighted by atomic mass is 9.91. The predicted molar refractivity (Wildman–Crippen MR) is 59.5 cm³/mol. The molecule has 0 spiro atoms. The van der Waals surface area contributed by atoms with Crippen LogP contribution in [0, 0.1) is 0 Å². The van der Waals surface area contributed by atoms with Crippen molar-refractivity contribution in [1.82, 2.24) is 4.98 Å². The minimum atomic E-state index is -0.629. The second kappa shape index (κ2) is 5.24.